The van der Waals surface area contributed by atoms with Crippen LogP contribution < -0.4 is 5.32 Å². The Morgan fingerprint density at radius 1 is 1.12 bits per heavy atom. The van der Waals surface area contributed by atoms with Crippen LogP contribution in [-0.2, 0) is 20.7 Å². The summed E-state index contributed by atoms with van der Waals surface area (Å²) < 4.78 is 17.9. The number of hydrogen-bond donors (Lipinski definition) is 1. The Balaban J connectivity index is 1.66. The van der Waals surface area contributed by atoms with Crippen LogP contribution in [0.2, 0.25) is 0 Å². The molecule has 0 bridgehead atoms. The molecule has 1 N–H and O–H groups in total. The van der Waals surface area contributed by atoms with Gasteiger partial charge in [-0.25, -0.2) is 4.39 Å². The fourth-order valence-corrected chi connectivity index (χ4v) is 2.77. The zero-order valence-corrected chi connectivity index (χ0v) is 14.7. The average Bonchev–Trinajstić information content (AvgIpc) is 2.62. The van der Waals surface area contributed by atoms with E-state index >= 15 is 0 Å². The Labute approximate surface area is 150 Å². The monoisotopic (exact) mass is 361 g/mol. The lowest BCUT2D eigenvalue weighted by atomic mass is 10.1. The quantitative estimate of drug-likeness (QED) is 0.579. The van der Waals surface area contributed by atoms with Gasteiger partial charge in [-0.2, -0.15) is 0 Å². The number of halogens is 1. The molecular weight excluding hydrogens is 341 g/mol. The van der Waals surface area contributed by atoms with E-state index in [4.69, 9.17) is 4.74 Å². The van der Waals surface area contributed by atoms with Crippen molar-refractivity contribution in [3.8, 4) is 0 Å². The van der Waals surface area contributed by atoms with Gasteiger partial charge in [0, 0.05) is 11.4 Å². The van der Waals surface area contributed by atoms with Gasteiger partial charge in [0.1, 0.15) is 5.82 Å². The number of ether oxygens (including phenoxy) is 1. The molecule has 6 heteroatoms. The molecule has 0 aliphatic rings. The molecule has 0 aromatic heterocycles. The zero-order valence-electron chi connectivity index (χ0n) is 13.9. The number of benzene rings is 2. The van der Waals surface area contributed by atoms with Crippen LogP contribution in [0.5, 0.6) is 0 Å². The maximum atomic E-state index is 12.8. The summed E-state index contributed by atoms with van der Waals surface area (Å²) in [6.45, 7) is 1.93. The number of carbonyl (C=O) groups is 2. The maximum absolute atomic E-state index is 12.8. The van der Waals surface area contributed by atoms with Crippen molar-refractivity contribution in [2.24, 2.45) is 0 Å². The van der Waals surface area contributed by atoms with Crippen molar-refractivity contribution in [2.45, 2.75) is 24.3 Å². The number of esters is 1. The van der Waals surface area contributed by atoms with Crippen molar-refractivity contribution in [3.63, 3.8) is 0 Å². The summed E-state index contributed by atoms with van der Waals surface area (Å²) in [5.74, 6) is -0.922. The molecule has 0 saturated heterocycles. The first kappa shape index (κ1) is 19.0. The molecule has 132 valence electrons. The minimum Gasteiger partial charge on any atom is -0.452 e. The van der Waals surface area contributed by atoms with Gasteiger partial charge in [-0.15, -0.1) is 11.8 Å². The van der Waals surface area contributed by atoms with E-state index in [1.165, 1.54) is 30.8 Å². The molecule has 1 unspecified atom stereocenters. The molecule has 2 rings (SSSR count). The number of nitrogens with one attached hydrogen (secondary N) is 1. The lowest BCUT2D eigenvalue weighted by Crippen LogP contribution is -2.37. The van der Waals surface area contributed by atoms with Crippen LogP contribution in [0.3, 0.4) is 0 Å². The van der Waals surface area contributed by atoms with E-state index in [0.29, 0.717) is 13.0 Å². The van der Waals surface area contributed by atoms with Gasteiger partial charge in [0.05, 0.1) is 5.75 Å². The predicted octanol–water partition coefficient (Wildman–Crippen LogP) is 3.21. The lowest BCUT2D eigenvalue weighted by molar-refractivity contribution is -0.152. The maximum Gasteiger partial charge on any atom is 0.317 e. The minimum atomic E-state index is -0.850. The largest absolute Gasteiger partial charge is 0.452 e. The lowest BCUT2D eigenvalue weighted by Gasteiger charge is -2.13. The number of amides is 1. The van der Waals surface area contributed by atoms with Crippen molar-refractivity contribution in [3.05, 3.63) is 66.0 Å². The molecule has 2 aromatic rings. The van der Waals surface area contributed by atoms with Gasteiger partial charge >= 0.3 is 5.97 Å². The summed E-state index contributed by atoms with van der Waals surface area (Å²) in [6, 6.07) is 15.6. The first-order valence-corrected chi connectivity index (χ1v) is 8.92. The molecule has 0 heterocycles. The van der Waals surface area contributed by atoms with E-state index in [0.717, 1.165) is 10.5 Å². The molecule has 4 nitrogen and oxygen atoms in total. The highest BCUT2D eigenvalue weighted by molar-refractivity contribution is 8.00. The van der Waals surface area contributed by atoms with Gasteiger partial charge in [-0.1, -0.05) is 30.3 Å². The molecule has 1 atom stereocenters. The molecule has 25 heavy (non-hydrogen) atoms. The van der Waals surface area contributed by atoms with Gasteiger partial charge in [0.25, 0.3) is 5.91 Å². The molecule has 0 fully saturated rings. The second-order valence-electron chi connectivity index (χ2n) is 5.40. The van der Waals surface area contributed by atoms with Crippen molar-refractivity contribution in [2.75, 3.05) is 12.3 Å². The van der Waals surface area contributed by atoms with Gasteiger partial charge in [-0.05, 0) is 43.2 Å². The highest BCUT2D eigenvalue weighted by Crippen LogP contribution is 2.17. The van der Waals surface area contributed by atoms with E-state index in [1.54, 1.807) is 12.1 Å². The Kier molecular flexibility index (Phi) is 7.47. The summed E-state index contributed by atoms with van der Waals surface area (Å²) in [4.78, 5) is 24.7. The van der Waals surface area contributed by atoms with Crippen molar-refractivity contribution in [1.82, 2.24) is 5.32 Å². The Morgan fingerprint density at radius 2 is 1.80 bits per heavy atom. The number of hydrogen-bond acceptors (Lipinski definition) is 4. The third-order valence-electron chi connectivity index (χ3n) is 3.40. The van der Waals surface area contributed by atoms with Gasteiger partial charge in [0.15, 0.2) is 6.10 Å². The minimum absolute atomic E-state index is 0.150. The smallest absolute Gasteiger partial charge is 0.317 e. The van der Waals surface area contributed by atoms with E-state index in [-0.39, 0.29) is 17.5 Å². The highest BCUT2D eigenvalue weighted by Gasteiger charge is 2.17. The van der Waals surface area contributed by atoms with Crippen molar-refractivity contribution in [1.29, 1.82) is 0 Å². The molecule has 1 amide bonds. The second kappa shape index (κ2) is 9.84. The predicted molar refractivity (Wildman–Crippen MR) is 95.8 cm³/mol. The van der Waals surface area contributed by atoms with Crippen LogP contribution >= 0.6 is 11.8 Å². The highest BCUT2D eigenvalue weighted by atomic mass is 32.2. The summed E-state index contributed by atoms with van der Waals surface area (Å²) in [5, 5.41) is 2.71. The number of rotatable bonds is 8. The van der Waals surface area contributed by atoms with Crippen LogP contribution in [0.4, 0.5) is 4.39 Å². The molecular formula is C19H20FNO3S. The molecule has 0 spiro atoms. The summed E-state index contributed by atoms with van der Waals surface area (Å²) in [7, 11) is 0. The van der Waals surface area contributed by atoms with E-state index in [9.17, 15) is 14.0 Å². The fourth-order valence-electron chi connectivity index (χ4n) is 2.07. The Hall–Kier alpha value is -2.34. The molecule has 0 aliphatic heterocycles. The zero-order chi connectivity index (χ0) is 18.1. The normalized spacial score (nSPS) is 11.6. The molecule has 0 radical (unpaired) electrons. The average molecular weight is 361 g/mol. The van der Waals surface area contributed by atoms with Crippen LogP contribution in [0.15, 0.2) is 59.5 Å². The van der Waals surface area contributed by atoms with Crippen LogP contribution in [0, 0.1) is 5.82 Å². The molecule has 0 saturated carbocycles. The first-order chi connectivity index (χ1) is 12.0. The van der Waals surface area contributed by atoms with Crippen LogP contribution in [0.1, 0.15) is 12.5 Å². The number of thioether (sulfide) groups is 1. The second-order valence-corrected chi connectivity index (χ2v) is 6.45. The topological polar surface area (TPSA) is 55.4 Å². The van der Waals surface area contributed by atoms with E-state index < -0.39 is 12.1 Å². The SMILES string of the molecule is CC(OC(=O)CSc1ccccc1)C(=O)NCCc1ccc(F)cc1. The Bertz CT molecular complexity index is 692. The van der Waals surface area contributed by atoms with E-state index in [1.807, 2.05) is 30.3 Å². The fraction of sp³-hybridized carbons (Fsp3) is 0.263. The number of carbonyl (C=O) groups excluding carboxylic acids is 2. The standard InChI is InChI=1S/C19H20FNO3S/c1-14(24-18(22)13-25-17-5-3-2-4-6-17)19(23)21-12-11-15-7-9-16(20)10-8-15/h2-10,14H,11-13H2,1H3,(H,21,23). The van der Waals surface area contributed by atoms with Gasteiger partial charge in [0.2, 0.25) is 0 Å². The third-order valence-corrected chi connectivity index (χ3v) is 4.39. The Morgan fingerprint density at radius 3 is 2.48 bits per heavy atom. The first-order valence-electron chi connectivity index (χ1n) is 7.94. The summed E-state index contributed by atoms with van der Waals surface area (Å²) in [5.41, 5.74) is 0.922. The molecule has 2 aromatic carbocycles. The van der Waals surface area contributed by atoms with E-state index in [2.05, 4.69) is 5.32 Å². The van der Waals surface area contributed by atoms with Crippen molar-refractivity contribution < 1.29 is 18.7 Å². The van der Waals surface area contributed by atoms with Crippen LogP contribution in [0.25, 0.3) is 0 Å². The van der Waals surface area contributed by atoms with Crippen molar-refractivity contribution >= 4 is 23.6 Å². The molecule has 0 aliphatic carbocycles. The van der Waals surface area contributed by atoms with Gasteiger partial charge in [-0.3, -0.25) is 9.59 Å². The summed E-state index contributed by atoms with van der Waals surface area (Å²) in [6.07, 6.45) is -0.270. The third kappa shape index (κ3) is 6.97. The summed E-state index contributed by atoms with van der Waals surface area (Å²) >= 11 is 1.36. The van der Waals surface area contributed by atoms with Gasteiger partial charge < -0.3 is 10.1 Å². The van der Waals surface area contributed by atoms with Crippen LogP contribution in [-0.4, -0.2) is 30.3 Å².